The quantitative estimate of drug-likeness (QED) is 0.0242. The van der Waals surface area contributed by atoms with Gasteiger partial charge in [-0.25, -0.2) is 4.57 Å². The van der Waals surface area contributed by atoms with E-state index in [0.29, 0.717) is 12.8 Å². The fraction of sp³-hybridized carbons (Fsp3) is 0.816. The van der Waals surface area contributed by atoms with Crippen molar-refractivity contribution in [1.82, 2.24) is 0 Å². The first kappa shape index (κ1) is 48.0. The molecule has 0 fully saturated rings. The smallest absolute Gasteiger partial charge is 0.472 e. The average Bonchev–Trinajstić information content (AvgIpc) is 3.09. The average molecular weight is 732 g/mol. The van der Waals surface area contributed by atoms with Crippen molar-refractivity contribution in [1.29, 1.82) is 0 Å². The van der Waals surface area contributed by atoms with E-state index in [-0.39, 0.29) is 19.4 Å². The van der Waals surface area contributed by atoms with Crippen LogP contribution < -0.4 is 5.73 Å². The van der Waals surface area contributed by atoms with Crippen LogP contribution in [-0.2, 0) is 37.5 Å². The highest BCUT2D eigenvalue weighted by atomic mass is 31.2. The van der Waals surface area contributed by atoms with E-state index in [0.717, 1.165) is 77.0 Å². The second-order valence-electron chi connectivity index (χ2n) is 13.1. The summed E-state index contributed by atoms with van der Waals surface area (Å²) in [5.41, 5.74) is 5.31. The van der Waals surface area contributed by atoms with Crippen LogP contribution in [0.2, 0.25) is 0 Å². The Morgan fingerprint density at radius 3 is 1.50 bits per heavy atom. The van der Waals surface area contributed by atoms with E-state index in [2.05, 4.69) is 42.7 Å². The van der Waals surface area contributed by atoms with E-state index < -0.39 is 51.1 Å². The summed E-state index contributed by atoms with van der Waals surface area (Å²) in [5, 5.41) is 8.85. The van der Waals surface area contributed by atoms with Gasteiger partial charge in [0.15, 0.2) is 6.10 Å². The molecule has 0 rings (SSSR count). The number of rotatable bonds is 36. The number of carbonyl (C=O) groups is 3. The molecule has 1 unspecified atom stereocenters. The first-order valence-corrected chi connectivity index (χ1v) is 20.9. The van der Waals surface area contributed by atoms with Crippen LogP contribution in [0, 0.1) is 0 Å². The van der Waals surface area contributed by atoms with Gasteiger partial charge in [-0.1, -0.05) is 115 Å². The third-order valence-corrected chi connectivity index (χ3v) is 9.12. The molecule has 12 heteroatoms. The molecule has 0 spiro atoms. The second kappa shape index (κ2) is 34.1. The fourth-order valence-corrected chi connectivity index (χ4v) is 5.83. The molecule has 0 bridgehead atoms. The van der Waals surface area contributed by atoms with Crippen molar-refractivity contribution in [2.45, 2.75) is 180 Å². The fourth-order valence-electron chi connectivity index (χ4n) is 5.05. The summed E-state index contributed by atoms with van der Waals surface area (Å²) in [4.78, 5) is 45.7. The normalized spacial score (nSPS) is 14.2. The van der Waals surface area contributed by atoms with Gasteiger partial charge in [0.05, 0.1) is 13.2 Å². The third kappa shape index (κ3) is 33.1. The molecule has 0 saturated heterocycles. The van der Waals surface area contributed by atoms with Gasteiger partial charge in [-0.2, -0.15) is 0 Å². The summed E-state index contributed by atoms with van der Waals surface area (Å²) in [7, 11) is -4.71. The number of carbonyl (C=O) groups excluding carboxylic acids is 2. The molecule has 50 heavy (non-hydrogen) atoms. The number of nitrogens with two attached hydrogens (primary N) is 1. The molecule has 0 aliphatic carbocycles. The van der Waals surface area contributed by atoms with Crippen molar-refractivity contribution in [3.05, 3.63) is 24.3 Å². The molecule has 0 aliphatic rings. The molecule has 0 aliphatic heterocycles. The SMILES string of the molecule is CCCCC/C=C/CCCCCCCC(=O)OC[C@H](COP(=O)(O)OC[C@H](N)C(=O)O)OC(=O)CCCCCCC/C=C/CCCCCCC. The number of phosphoric ester groups is 1. The molecular formula is C38H70NO10P. The van der Waals surface area contributed by atoms with E-state index in [1.807, 2.05) is 0 Å². The van der Waals surface area contributed by atoms with Gasteiger partial charge in [0.1, 0.15) is 12.6 Å². The van der Waals surface area contributed by atoms with Crippen LogP contribution in [0.4, 0.5) is 0 Å². The third-order valence-electron chi connectivity index (χ3n) is 8.17. The zero-order chi connectivity index (χ0) is 37.1. The molecule has 0 aromatic heterocycles. The standard InChI is InChI=1S/C38H70NO10P/c1-3-5-7-9-11-13-15-17-18-20-22-24-26-28-30-37(41)49-34(32-47-50(44,45)48-33-35(39)38(42)43)31-46-36(40)29-27-25-23-21-19-16-14-12-10-8-6-4-2/h12,14-15,17,34-35H,3-11,13,16,18-33,39H2,1-2H3,(H,42,43)(H,44,45)/b14-12+,17-15+/t34-,35+/m1/s1. The lowest BCUT2D eigenvalue weighted by molar-refractivity contribution is -0.161. The summed E-state index contributed by atoms with van der Waals surface area (Å²) in [6, 6.07) is -1.52. The Morgan fingerprint density at radius 1 is 0.600 bits per heavy atom. The van der Waals surface area contributed by atoms with Gasteiger partial charge in [-0.15, -0.1) is 0 Å². The number of unbranched alkanes of at least 4 members (excludes halogenated alkanes) is 18. The van der Waals surface area contributed by atoms with Gasteiger partial charge in [0, 0.05) is 12.8 Å². The van der Waals surface area contributed by atoms with Crippen molar-refractivity contribution in [2.75, 3.05) is 19.8 Å². The van der Waals surface area contributed by atoms with Crippen molar-refractivity contribution in [3.63, 3.8) is 0 Å². The monoisotopic (exact) mass is 731 g/mol. The Hall–Kier alpha value is -2.04. The summed E-state index contributed by atoms with van der Waals surface area (Å²) in [6.45, 7) is 2.73. The summed E-state index contributed by atoms with van der Waals surface area (Å²) >= 11 is 0. The highest BCUT2D eigenvalue weighted by Crippen LogP contribution is 2.43. The van der Waals surface area contributed by atoms with E-state index >= 15 is 0 Å². The van der Waals surface area contributed by atoms with Gasteiger partial charge < -0.3 is 25.2 Å². The van der Waals surface area contributed by atoms with Crippen molar-refractivity contribution >= 4 is 25.7 Å². The van der Waals surface area contributed by atoms with E-state index in [4.69, 9.17) is 24.8 Å². The molecule has 292 valence electrons. The van der Waals surface area contributed by atoms with Crippen molar-refractivity contribution < 1.29 is 47.5 Å². The largest absolute Gasteiger partial charge is 0.480 e. The lowest BCUT2D eigenvalue weighted by Crippen LogP contribution is -2.34. The molecule has 0 saturated carbocycles. The number of phosphoric acid groups is 1. The summed E-state index contributed by atoms with van der Waals surface area (Å²) < 4.78 is 32.5. The minimum absolute atomic E-state index is 0.151. The number of carboxylic acid groups (broad SMARTS) is 1. The topological polar surface area (TPSA) is 172 Å². The highest BCUT2D eigenvalue weighted by Gasteiger charge is 2.28. The van der Waals surface area contributed by atoms with Crippen LogP contribution in [0.15, 0.2) is 24.3 Å². The first-order chi connectivity index (χ1) is 24.1. The first-order valence-electron chi connectivity index (χ1n) is 19.4. The van der Waals surface area contributed by atoms with Crippen LogP contribution in [0.3, 0.4) is 0 Å². The number of hydrogen-bond acceptors (Lipinski definition) is 9. The summed E-state index contributed by atoms with van der Waals surface area (Å²) in [5.74, 6) is -2.40. The summed E-state index contributed by atoms with van der Waals surface area (Å²) in [6.07, 6.45) is 32.5. The van der Waals surface area contributed by atoms with Crippen LogP contribution in [0.1, 0.15) is 168 Å². The minimum Gasteiger partial charge on any atom is -0.480 e. The minimum atomic E-state index is -4.71. The number of esters is 2. The number of hydrogen-bond donors (Lipinski definition) is 3. The number of allylic oxidation sites excluding steroid dienone is 4. The number of aliphatic carboxylic acids is 1. The molecule has 0 aromatic rings. The molecule has 0 heterocycles. The zero-order valence-corrected chi connectivity index (χ0v) is 32.1. The predicted octanol–water partition coefficient (Wildman–Crippen LogP) is 9.50. The number of ether oxygens (including phenoxy) is 2. The Bertz CT molecular complexity index is 958. The Morgan fingerprint density at radius 2 is 1.00 bits per heavy atom. The molecule has 11 nitrogen and oxygen atoms in total. The van der Waals surface area contributed by atoms with Gasteiger partial charge in [0.25, 0.3) is 0 Å². The van der Waals surface area contributed by atoms with Crippen LogP contribution in [0.25, 0.3) is 0 Å². The van der Waals surface area contributed by atoms with Gasteiger partial charge in [0.2, 0.25) is 0 Å². The van der Waals surface area contributed by atoms with Gasteiger partial charge in [-0.3, -0.25) is 23.4 Å². The van der Waals surface area contributed by atoms with Gasteiger partial charge >= 0.3 is 25.7 Å². The van der Waals surface area contributed by atoms with Crippen LogP contribution >= 0.6 is 7.82 Å². The van der Waals surface area contributed by atoms with E-state index in [1.54, 1.807) is 0 Å². The van der Waals surface area contributed by atoms with E-state index in [9.17, 15) is 23.8 Å². The maximum Gasteiger partial charge on any atom is 0.472 e. The number of carboxylic acids is 1. The Kier molecular flexibility index (Phi) is 32.7. The van der Waals surface area contributed by atoms with Crippen molar-refractivity contribution in [3.8, 4) is 0 Å². The van der Waals surface area contributed by atoms with E-state index in [1.165, 1.54) is 51.4 Å². The zero-order valence-electron chi connectivity index (χ0n) is 31.2. The maximum atomic E-state index is 12.6. The molecule has 0 amide bonds. The molecule has 0 radical (unpaired) electrons. The maximum absolute atomic E-state index is 12.6. The Balaban J connectivity index is 4.46. The molecular weight excluding hydrogens is 661 g/mol. The molecule has 3 atom stereocenters. The highest BCUT2D eigenvalue weighted by molar-refractivity contribution is 7.47. The molecule has 4 N–H and O–H groups in total. The van der Waals surface area contributed by atoms with Crippen LogP contribution in [0.5, 0.6) is 0 Å². The van der Waals surface area contributed by atoms with Crippen LogP contribution in [-0.4, -0.2) is 59.9 Å². The Labute approximate surface area is 302 Å². The van der Waals surface area contributed by atoms with Crippen molar-refractivity contribution in [2.24, 2.45) is 5.73 Å². The van der Waals surface area contributed by atoms with Gasteiger partial charge in [-0.05, 0) is 64.2 Å². The predicted molar refractivity (Wildman–Crippen MR) is 199 cm³/mol. The lowest BCUT2D eigenvalue weighted by Gasteiger charge is -2.20. The second-order valence-corrected chi connectivity index (χ2v) is 14.5. The molecule has 0 aromatic carbocycles. The lowest BCUT2D eigenvalue weighted by atomic mass is 10.1.